The van der Waals surface area contributed by atoms with E-state index >= 15 is 0 Å². The van der Waals surface area contributed by atoms with Crippen LogP contribution in [-0.4, -0.2) is 27.9 Å². The molecule has 1 unspecified atom stereocenters. The lowest BCUT2D eigenvalue weighted by Crippen LogP contribution is -2.26. The zero-order valence-electron chi connectivity index (χ0n) is 10.4. The molecule has 0 bridgehead atoms. The minimum Gasteiger partial charge on any atom is -0.482 e. The van der Waals surface area contributed by atoms with Gasteiger partial charge in [0, 0.05) is 6.54 Å². The summed E-state index contributed by atoms with van der Waals surface area (Å²) in [7, 11) is 0. The van der Waals surface area contributed by atoms with E-state index in [-0.39, 0.29) is 11.8 Å². The first-order chi connectivity index (χ1) is 9.38. The third-order valence-corrected chi connectivity index (χ3v) is 3.71. The van der Waals surface area contributed by atoms with Crippen molar-refractivity contribution < 1.29 is 19.4 Å². The standard InChI is InChI=1S/C13H13Cl2NO4/c14-13(15)5-10(13)12(19)16-6-8-2-1-3-9(4-8)20-7-11(17)18/h1-4,10H,5-7H2,(H,16,19)(H,17,18). The second-order valence-corrected chi connectivity index (χ2v) is 6.11. The highest BCUT2D eigenvalue weighted by molar-refractivity contribution is 6.52. The van der Waals surface area contributed by atoms with Gasteiger partial charge < -0.3 is 15.2 Å². The molecule has 1 amide bonds. The number of carboxylic acid groups (broad SMARTS) is 1. The summed E-state index contributed by atoms with van der Waals surface area (Å²) in [4.78, 5) is 22.1. The van der Waals surface area contributed by atoms with Crippen LogP contribution in [0, 0.1) is 5.92 Å². The summed E-state index contributed by atoms with van der Waals surface area (Å²) in [5.74, 6) is -1.16. The Labute approximate surface area is 125 Å². The number of carbonyl (C=O) groups excluding carboxylic acids is 1. The number of halogens is 2. The Morgan fingerprint density at radius 3 is 2.75 bits per heavy atom. The fourth-order valence-corrected chi connectivity index (χ4v) is 2.21. The lowest BCUT2D eigenvalue weighted by molar-refractivity contribution is -0.139. The minimum atomic E-state index is -1.04. The number of rotatable bonds is 6. The van der Waals surface area contributed by atoms with Crippen LogP contribution >= 0.6 is 23.2 Å². The number of amides is 1. The Morgan fingerprint density at radius 2 is 2.15 bits per heavy atom. The molecule has 1 aliphatic rings. The molecule has 0 aromatic heterocycles. The quantitative estimate of drug-likeness (QED) is 0.786. The van der Waals surface area contributed by atoms with Crippen LogP contribution in [0.3, 0.4) is 0 Å². The van der Waals surface area contributed by atoms with Crippen LogP contribution in [-0.2, 0) is 16.1 Å². The van der Waals surface area contributed by atoms with Gasteiger partial charge in [0.1, 0.15) is 10.1 Å². The van der Waals surface area contributed by atoms with E-state index in [2.05, 4.69) is 5.32 Å². The van der Waals surface area contributed by atoms with Gasteiger partial charge in [-0.15, -0.1) is 23.2 Å². The van der Waals surface area contributed by atoms with Crippen LogP contribution in [0.5, 0.6) is 5.75 Å². The smallest absolute Gasteiger partial charge is 0.341 e. The SMILES string of the molecule is O=C(O)COc1cccc(CNC(=O)C2CC2(Cl)Cl)c1. The normalized spacial score (nSPS) is 19.2. The maximum absolute atomic E-state index is 11.7. The van der Waals surface area contributed by atoms with Crippen LogP contribution in [0.2, 0.25) is 0 Å². The number of alkyl halides is 2. The van der Waals surface area contributed by atoms with E-state index < -0.39 is 16.9 Å². The molecule has 0 aliphatic heterocycles. The molecule has 20 heavy (non-hydrogen) atoms. The lowest BCUT2D eigenvalue weighted by Gasteiger charge is -2.08. The highest BCUT2D eigenvalue weighted by Gasteiger charge is 2.56. The Kier molecular flexibility index (Phi) is 4.40. The van der Waals surface area contributed by atoms with Crippen LogP contribution in [0.4, 0.5) is 0 Å². The fourth-order valence-electron chi connectivity index (χ4n) is 1.70. The number of hydrogen-bond acceptors (Lipinski definition) is 3. The average Bonchev–Trinajstić information content (AvgIpc) is 3.03. The van der Waals surface area contributed by atoms with Gasteiger partial charge in [-0.05, 0) is 24.1 Å². The van der Waals surface area contributed by atoms with Crippen molar-refractivity contribution in [2.24, 2.45) is 5.92 Å². The van der Waals surface area contributed by atoms with Gasteiger partial charge in [0.05, 0.1) is 5.92 Å². The van der Waals surface area contributed by atoms with Crippen molar-refractivity contribution in [3.05, 3.63) is 29.8 Å². The molecule has 7 heteroatoms. The highest BCUT2D eigenvalue weighted by atomic mass is 35.5. The monoisotopic (exact) mass is 317 g/mol. The van der Waals surface area contributed by atoms with Crippen molar-refractivity contribution >= 4 is 35.1 Å². The molecule has 0 heterocycles. The molecule has 1 fully saturated rings. The van der Waals surface area contributed by atoms with Crippen LogP contribution in [0.15, 0.2) is 24.3 Å². The Hall–Kier alpha value is -1.46. The fraction of sp³-hybridized carbons (Fsp3) is 0.385. The number of aliphatic carboxylic acids is 1. The second kappa shape index (κ2) is 5.89. The summed E-state index contributed by atoms with van der Waals surface area (Å²) in [6.07, 6.45) is 0.462. The van der Waals surface area contributed by atoms with Crippen LogP contribution in [0.1, 0.15) is 12.0 Å². The number of ether oxygens (including phenoxy) is 1. The molecule has 1 aromatic carbocycles. The molecule has 1 aliphatic carbocycles. The average molecular weight is 318 g/mol. The summed E-state index contributed by atoms with van der Waals surface area (Å²) in [6.45, 7) is -0.0949. The van der Waals surface area contributed by atoms with E-state index in [0.29, 0.717) is 18.7 Å². The van der Waals surface area contributed by atoms with Crippen molar-refractivity contribution in [2.45, 2.75) is 17.3 Å². The molecule has 2 N–H and O–H groups in total. The van der Waals surface area contributed by atoms with Gasteiger partial charge in [-0.2, -0.15) is 0 Å². The lowest BCUT2D eigenvalue weighted by atomic mass is 10.2. The minimum absolute atomic E-state index is 0.188. The maximum atomic E-state index is 11.7. The summed E-state index contributed by atoms with van der Waals surface area (Å²) in [5.41, 5.74) is 0.802. The molecule has 0 spiro atoms. The van der Waals surface area contributed by atoms with Gasteiger partial charge in [0.15, 0.2) is 6.61 Å². The number of hydrogen-bond donors (Lipinski definition) is 2. The van der Waals surface area contributed by atoms with E-state index in [1.54, 1.807) is 24.3 Å². The van der Waals surface area contributed by atoms with E-state index in [9.17, 15) is 9.59 Å². The zero-order chi connectivity index (χ0) is 14.8. The Bertz CT molecular complexity index is 533. The molecular weight excluding hydrogens is 305 g/mol. The van der Waals surface area contributed by atoms with Gasteiger partial charge >= 0.3 is 5.97 Å². The predicted molar refractivity (Wildman–Crippen MR) is 74.0 cm³/mol. The third kappa shape index (κ3) is 4.02. The van der Waals surface area contributed by atoms with Crippen LogP contribution in [0.25, 0.3) is 0 Å². The van der Waals surface area contributed by atoms with Crippen molar-refractivity contribution in [1.82, 2.24) is 5.32 Å². The number of carbonyl (C=O) groups is 2. The third-order valence-electron chi connectivity index (χ3n) is 2.87. The highest BCUT2D eigenvalue weighted by Crippen LogP contribution is 2.53. The van der Waals surface area contributed by atoms with Gasteiger partial charge in [0.25, 0.3) is 0 Å². The van der Waals surface area contributed by atoms with Crippen molar-refractivity contribution in [1.29, 1.82) is 0 Å². The first-order valence-electron chi connectivity index (χ1n) is 5.97. The van der Waals surface area contributed by atoms with E-state index in [4.69, 9.17) is 33.0 Å². The van der Waals surface area contributed by atoms with Gasteiger partial charge in [0.2, 0.25) is 5.91 Å². The summed E-state index contributed by atoms with van der Waals surface area (Å²) < 4.78 is 4.12. The molecule has 5 nitrogen and oxygen atoms in total. The molecule has 1 saturated carbocycles. The number of carboxylic acids is 1. The largest absolute Gasteiger partial charge is 0.482 e. The van der Waals surface area contributed by atoms with Crippen molar-refractivity contribution in [3.63, 3.8) is 0 Å². The Morgan fingerprint density at radius 1 is 1.45 bits per heavy atom. The number of nitrogens with one attached hydrogen (secondary N) is 1. The van der Waals surface area contributed by atoms with E-state index in [1.807, 2.05) is 0 Å². The van der Waals surface area contributed by atoms with Gasteiger partial charge in [-0.3, -0.25) is 4.79 Å². The number of benzene rings is 1. The zero-order valence-corrected chi connectivity index (χ0v) is 11.9. The maximum Gasteiger partial charge on any atom is 0.341 e. The van der Waals surface area contributed by atoms with Crippen molar-refractivity contribution in [3.8, 4) is 5.75 Å². The van der Waals surface area contributed by atoms with Crippen LogP contribution < -0.4 is 10.1 Å². The van der Waals surface area contributed by atoms with Gasteiger partial charge in [-0.1, -0.05) is 12.1 Å². The summed E-state index contributed by atoms with van der Waals surface area (Å²) in [5, 5.41) is 11.3. The summed E-state index contributed by atoms with van der Waals surface area (Å²) in [6, 6.07) is 6.85. The molecule has 1 aromatic rings. The summed E-state index contributed by atoms with van der Waals surface area (Å²) >= 11 is 11.6. The topological polar surface area (TPSA) is 75.6 Å². The van der Waals surface area contributed by atoms with Gasteiger partial charge in [-0.25, -0.2) is 4.79 Å². The van der Waals surface area contributed by atoms with E-state index in [1.165, 1.54) is 0 Å². The molecule has 2 rings (SSSR count). The molecule has 0 radical (unpaired) electrons. The van der Waals surface area contributed by atoms with Crippen molar-refractivity contribution in [2.75, 3.05) is 6.61 Å². The second-order valence-electron chi connectivity index (χ2n) is 4.57. The predicted octanol–water partition coefficient (Wildman–Crippen LogP) is 1.96. The molecule has 0 saturated heterocycles. The first-order valence-corrected chi connectivity index (χ1v) is 6.73. The molecule has 1 atom stereocenters. The first kappa shape index (κ1) is 14.9. The van der Waals surface area contributed by atoms with E-state index in [0.717, 1.165) is 5.56 Å². The molecular formula is C13H13Cl2NO4. The Balaban J connectivity index is 1.85. The molecule has 108 valence electrons.